The van der Waals surface area contributed by atoms with Crippen molar-refractivity contribution in [3.63, 3.8) is 0 Å². The monoisotopic (exact) mass is 412 g/mol. The van der Waals surface area contributed by atoms with E-state index >= 15 is 0 Å². The number of carbonyl (C=O) groups is 1. The van der Waals surface area contributed by atoms with Gasteiger partial charge in [0, 0.05) is 19.0 Å². The highest BCUT2D eigenvalue weighted by atomic mass is 32.2. The first kappa shape index (κ1) is 21.7. The number of carbonyl (C=O) groups excluding carboxylic acids is 1. The Morgan fingerprint density at radius 2 is 1.81 bits per heavy atom. The molecule has 0 spiro atoms. The standard InChI is InChI=1S/C19H25FN2O3S2/c1-14-19(17(23)13-27(24,25)22(2)3)21-18(26-14)12-6-4-5-9-15-10-7-8-11-16(15)20/h7-8,10-11H,4-6,9,12-13H2,1-3H3. The summed E-state index contributed by atoms with van der Waals surface area (Å²) in [5.41, 5.74) is 0.990. The highest BCUT2D eigenvalue weighted by Crippen LogP contribution is 2.21. The van der Waals surface area contributed by atoms with Crippen molar-refractivity contribution in [2.24, 2.45) is 0 Å². The molecular weight excluding hydrogens is 387 g/mol. The molecule has 0 aliphatic rings. The predicted octanol–water partition coefficient (Wildman–Crippen LogP) is 3.62. The Hall–Kier alpha value is -1.64. The van der Waals surface area contributed by atoms with Crippen molar-refractivity contribution in [2.75, 3.05) is 19.8 Å². The number of benzene rings is 1. The van der Waals surface area contributed by atoms with Crippen LogP contribution in [0.15, 0.2) is 24.3 Å². The van der Waals surface area contributed by atoms with Crippen LogP contribution in [0.5, 0.6) is 0 Å². The highest BCUT2D eigenvalue weighted by Gasteiger charge is 2.23. The van der Waals surface area contributed by atoms with Crippen LogP contribution in [0.4, 0.5) is 4.39 Å². The maximum absolute atomic E-state index is 13.6. The number of ketones is 1. The zero-order valence-corrected chi connectivity index (χ0v) is 17.5. The summed E-state index contributed by atoms with van der Waals surface area (Å²) in [6.07, 6.45) is 4.15. The minimum atomic E-state index is -3.59. The first-order valence-electron chi connectivity index (χ1n) is 8.84. The van der Waals surface area contributed by atoms with Gasteiger partial charge in [0.2, 0.25) is 10.0 Å². The zero-order chi connectivity index (χ0) is 20.0. The number of thiazole rings is 1. The normalized spacial score (nSPS) is 11.9. The predicted molar refractivity (Wildman–Crippen MR) is 106 cm³/mol. The molecule has 5 nitrogen and oxygen atoms in total. The number of nitrogens with zero attached hydrogens (tertiary/aromatic N) is 2. The number of hydrogen-bond donors (Lipinski definition) is 0. The van der Waals surface area contributed by atoms with E-state index in [1.54, 1.807) is 19.1 Å². The average Bonchev–Trinajstić information content (AvgIpc) is 2.96. The van der Waals surface area contributed by atoms with Crippen molar-refractivity contribution in [1.82, 2.24) is 9.29 Å². The number of aryl methyl sites for hydroxylation is 3. The SMILES string of the molecule is Cc1sc(CCCCCc2ccccc2F)nc1C(=O)CS(=O)(=O)N(C)C. The Bertz CT molecular complexity index is 892. The summed E-state index contributed by atoms with van der Waals surface area (Å²) >= 11 is 1.43. The van der Waals surface area contributed by atoms with Crippen LogP contribution in [0.25, 0.3) is 0 Å². The Morgan fingerprint density at radius 1 is 1.15 bits per heavy atom. The van der Waals surface area contributed by atoms with E-state index in [1.807, 2.05) is 6.07 Å². The molecule has 0 fully saturated rings. The van der Waals surface area contributed by atoms with Crippen molar-refractivity contribution in [3.8, 4) is 0 Å². The van der Waals surface area contributed by atoms with Crippen LogP contribution in [0.3, 0.4) is 0 Å². The summed E-state index contributed by atoms with van der Waals surface area (Å²) in [5.74, 6) is -1.20. The summed E-state index contributed by atoms with van der Waals surface area (Å²) < 4.78 is 38.4. The molecule has 0 amide bonds. The van der Waals surface area contributed by atoms with E-state index in [9.17, 15) is 17.6 Å². The second-order valence-electron chi connectivity index (χ2n) is 6.63. The summed E-state index contributed by atoms with van der Waals surface area (Å²) in [4.78, 5) is 17.4. The van der Waals surface area contributed by atoms with Gasteiger partial charge in [-0.25, -0.2) is 22.1 Å². The van der Waals surface area contributed by atoms with Gasteiger partial charge in [-0.2, -0.15) is 0 Å². The molecule has 0 aliphatic carbocycles. The second kappa shape index (κ2) is 9.52. The van der Waals surface area contributed by atoms with Gasteiger partial charge in [0.25, 0.3) is 0 Å². The van der Waals surface area contributed by atoms with Crippen LogP contribution >= 0.6 is 11.3 Å². The minimum Gasteiger partial charge on any atom is -0.291 e. The van der Waals surface area contributed by atoms with Crippen LogP contribution in [0.2, 0.25) is 0 Å². The number of hydrogen-bond acceptors (Lipinski definition) is 5. The smallest absolute Gasteiger partial charge is 0.221 e. The van der Waals surface area contributed by atoms with Gasteiger partial charge in [0.05, 0.1) is 5.01 Å². The van der Waals surface area contributed by atoms with Gasteiger partial charge in [0.15, 0.2) is 5.78 Å². The Morgan fingerprint density at radius 3 is 2.48 bits per heavy atom. The van der Waals surface area contributed by atoms with Gasteiger partial charge >= 0.3 is 0 Å². The van der Waals surface area contributed by atoms with E-state index in [4.69, 9.17) is 0 Å². The molecule has 0 radical (unpaired) electrons. The third kappa shape index (κ3) is 6.19. The lowest BCUT2D eigenvalue weighted by Crippen LogP contribution is -2.29. The van der Waals surface area contributed by atoms with E-state index in [2.05, 4.69) is 4.98 Å². The first-order valence-corrected chi connectivity index (χ1v) is 11.3. The second-order valence-corrected chi connectivity index (χ2v) is 10.1. The average molecular weight is 413 g/mol. The van der Waals surface area contributed by atoms with Crippen molar-refractivity contribution in [1.29, 1.82) is 0 Å². The molecule has 148 valence electrons. The molecule has 0 saturated heterocycles. The summed E-state index contributed by atoms with van der Waals surface area (Å²) in [6, 6.07) is 6.81. The number of aromatic nitrogens is 1. The highest BCUT2D eigenvalue weighted by molar-refractivity contribution is 7.89. The molecular formula is C19H25FN2O3S2. The molecule has 1 aromatic carbocycles. The summed E-state index contributed by atoms with van der Waals surface area (Å²) in [7, 11) is -0.777. The fourth-order valence-corrected chi connectivity index (χ4v) is 4.37. The van der Waals surface area contributed by atoms with E-state index in [0.29, 0.717) is 6.42 Å². The van der Waals surface area contributed by atoms with Crippen LogP contribution in [-0.2, 0) is 22.9 Å². The Balaban J connectivity index is 1.84. The Labute approximate surface area is 164 Å². The van der Waals surface area contributed by atoms with E-state index in [0.717, 1.165) is 45.4 Å². The third-order valence-corrected chi connectivity index (χ3v) is 7.04. The maximum Gasteiger partial charge on any atom is 0.221 e. The van der Waals surface area contributed by atoms with Crippen molar-refractivity contribution in [2.45, 2.75) is 39.0 Å². The number of halogens is 1. The molecule has 2 rings (SSSR count). The van der Waals surface area contributed by atoms with Gasteiger partial charge in [-0.05, 0) is 44.2 Å². The van der Waals surface area contributed by atoms with E-state index in [-0.39, 0.29) is 11.5 Å². The van der Waals surface area contributed by atoms with Gasteiger partial charge in [0.1, 0.15) is 17.3 Å². The maximum atomic E-state index is 13.6. The molecule has 1 heterocycles. The topological polar surface area (TPSA) is 67.3 Å². The number of rotatable bonds is 10. The molecule has 0 bridgehead atoms. The molecule has 0 N–H and O–H groups in total. The van der Waals surface area contributed by atoms with Crippen molar-refractivity contribution < 1.29 is 17.6 Å². The lowest BCUT2D eigenvalue weighted by atomic mass is 10.1. The molecule has 0 atom stereocenters. The molecule has 27 heavy (non-hydrogen) atoms. The van der Waals surface area contributed by atoms with E-state index < -0.39 is 21.6 Å². The van der Waals surface area contributed by atoms with E-state index in [1.165, 1.54) is 31.5 Å². The Kier molecular flexibility index (Phi) is 7.64. The van der Waals surface area contributed by atoms with Crippen LogP contribution in [0, 0.1) is 12.7 Å². The molecule has 8 heteroatoms. The van der Waals surface area contributed by atoms with Gasteiger partial charge in [-0.1, -0.05) is 24.6 Å². The third-order valence-electron chi connectivity index (χ3n) is 4.27. The minimum absolute atomic E-state index is 0.163. The quantitative estimate of drug-likeness (QED) is 0.442. The van der Waals surface area contributed by atoms with Gasteiger partial charge in [-0.15, -0.1) is 11.3 Å². The molecule has 0 saturated carbocycles. The molecule has 1 aromatic heterocycles. The van der Waals surface area contributed by atoms with Crippen LogP contribution < -0.4 is 0 Å². The number of unbranched alkanes of at least 4 members (excludes halogenated alkanes) is 2. The lowest BCUT2D eigenvalue weighted by Gasteiger charge is -2.09. The summed E-state index contributed by atoms with van der Waals surface area (Å²) in [5, 5.41) is 0.837. The fourth-order valence-electron chi connectivity index (χ4n) is 2.65. The number of sulfonamides is 1. The zero-order valence-electron chi connectivity index (χ0n) is 15.9. The van der Waals surface area contributed by atoms with Gasteiger partial charge < -0.3 is 0 Å². The molecule has 0 unspecified atom stereocenters. The van der Waals surface area contributed by atoms with Crippen molar-refractivity contribution >= 4 is 27.1 Å². The first-order chi connectivity index (χ1) is 12.7. The summed E-state index contributed by atoms with van der Waals surface area (Å²) in [6.45, 7) is 1.79. The molecule has 2 aromatic rings. The lowest BCUT2D eigenvalue weighted by molar-refractivity contribution is 0.101. The van der Waals surface area contributed by atoms with Crippen LogP contribution in [-0.4, -0.2) is 43.3 Å². The molecule has 0 aliphatic heterocycles. The van der Waals surface area contributed by atoms with Crippen LogP contribution in [0.1, 0.15) is 45.2 Å². The fraction of sp³-hybridized carbons (Fsp3) is 0.474. The largest absolute Gasteiger partial charge is 0.291 e. The van der Waals surface area contributed by atoms with Crippen molar-refractivity contribution in [3.05, 3.63) is 51.2 Å². The van der Waals surface area contributed by atoms with Gasteiger partial charge in [-0.3, -0.25) is 4.79 Å². The number of Topliss-reactive ketones (excluding diaryl/α,β-unsaturated/α-hetero) is 1.